The Morgan fingerprint density at radius 1 is 1.11 bits per heavy atom. The van der Waals surface area contributed by atoms with Crippen LogP contribution in [-0.4, -0.2) is 11.7 Å². The van der Waals surface area contributed by atoms with Crippen LogP contribution in [-0.2, 0) is 0 Å². The van der Waals surface area contributed by atoms with Crippen LogP contribution >= 0.6 is 0 Å². The fraction of sp³-hybridized carbons (Fsp3) is 0.200. The van der Waals surface area contributed by atoms with Crippen LogP contribution in [0.2, 0.25) is 0 Å². The van der Waals surface area contributed by atoms with Crippen molar-refractivity contribution in [1.82, 2.24) is 0 Å². The smallest absolute Gasteiger partial charge is 0.126 e. The molecule has 0 aromatic heterocycles. The lowest BCUT2D eigenvalue weighted by Crippen LogP contribution is -2.04. The standard InChI is InChI=1S/C15H14F2O2/c1-2-19-14-6-4-3-5-13(14)15(18)10-7-11(16)9-12(17)8-10/h3-9,15,18H,2H2,1H3. The summed E-state index contributed by atoms with van der Waals surface area (Å²) in [5.41, 5.74) is 0.638. The van der Waals surface area contributed by atoms with Gasteiger partial charge in [0, 0.05) is 11.6 Å². The van der Waals surface area contributed by atoms with Crippen LogP contribution in [0, 0.1) is 11.6 Å². The van der Waals surface area contributed by atoms with E-state index in [1.165, 1.54) is 0 Å². The first kappa shape index (κ1) is 13.5. The van der Waals surface area contributed by atoms with E-state index in [-0.39, 0.29) is 5.56 Å². The number of aliphatic hydroxyl groups is 1. The number of benzene rings is 2. The molecule has 2 aromatic rings. The van der Waals surface area contributed by atoms with E-state index in [2.05, 4.69) is 0 Å². The summed E-state index contributed by atoms with van der Waals surface area (Å²) in [6.07, 6.45) is -1.13. The highest BCUT2D eigenvalue weighted by Gasteiger charge is 2.16. The van der Waals surface area contributed by atoms with Crippen molar-refractivity contribution in [2.45, 2.75) is 13.0 Å². The molecular weight excluding hydrogens is 250 g/mol. The number of halogens is 2. The molecule has 0 fully saturated rings. The summed E-state index contributed by atoms with van der Waals surface area (Å²) in [4.78, 5) is 0. The summed E-state index contributed by atoms with van der Waals surface area (Å²) >= 11 is 0. The first-order chi connectivity index (χ1) is 9.11. The van der Waals surface area contributed by atoms with Gasteiger partial charge in [-0.2, -0.15) is 0 Å². The quantitative estimate of drug-likeness (QED) is 0.916. The number of rotatable bonds is 4. The Hall–Kier alpha value is -1.94. The molecule has 0 spiro atoms. The van der Waals surface area contributed by atoms with Gasteiger partial charge in [-0.15, -0.1) is 0 Å². The van der Waals surface area contributed by atoms with Gasteiger partial charge in [-0.1, -0.05) is 18.2 Å². The molecule has 0 amide bonds. The minimum absolute atomic E-state index is 0.157. The Kier molecular flexibility index (Phi) is 4.12. The Labute approximate surface area is 110 Å². The minimum Gasteiger partial charge on any atom is -0.493 e. The third-order valence-corrected chi connectivity index (χ3v) is 2.71. The van der Waals surface area contributed by atoms with E-state index in [0.717, 1.165) is 18.2 Å². The molecule has 0 saturated heterocycles. The fourth-order valence-electron chi connectivity index (χ4n) is 1.91. The molecule has 0 saturated carbocycles. The van der Waals surface area contributed by atoms with Crippen LogP contribution in [0.1, 0.15) is 24.2 Å². The summed E-state index contributed by atoms with van der Waals surface area (Å²) < 4.78 is 31.7. The van der Waals surface area contributed by atoms with Crippen LogP contribution in [0.5, 0.6) is 5.75 Å². The van der Waals surface area contributed by atoms with Gasteiger partial charge in [0.1, 0.15) is 23.5 Å². The number of hydrogen-bond acceptors (Lipinski definition) is 2. The third kappa shape index (κ3) is 3.09. The Morgan fingerprint density at radius 3 is 2.37 bits per heavy atom. The molecule has 0 aliphatic carbocycles. The van der Waals surface area contributed by atoms with Gasteiger partial charge < -0.3 is 9.84 Å². The van der Waals surface area contributed by atoms with E-state index in [1.54, 1.807) is 24.3 Å². The highest BCUT2D eigenvalue weighted by molar-refractivity contribution is 5.40. The molecule has 2 nitrogen and oxygen atoms in total. The van der Waals surface area contributed by atoms with E-state index in [1.807, 2.05) is 6.92 Å². The van der Waals surface area contributed by atoms with E-state index in [9.17, 15) is 13.9 Å². The van der Waals surface area contributed by atoms with Gasteiger partial charge in [0.25, 0.3) is 0 Å². The summed E-state index contributed by atoms with van der Waals surface area (Å²) in [5, 5.41) is 10.2. The Morgan fingerprint density at radius 2 is 1.74 bits per heavy atom. The van der Waals surface area contributed by atoms with Crippen molar-refractivity contribution >= 4 is 0 Å². The highest BCUT2D eigenvalue weighted by atomic mass is 19.1. The molecule has 1 atom stereocenters. The maximum Gasteiger partial charge on any atom is 0.126 e. The molecule has 0 aliphatic heterocycles. The number of hydrogen-bond donors (Lipinski definition) is 1. The third-order valence-electron chi connectivity index (χ3n) is 2.71. The lowest BCUT2D eigenvalue weighted by Gasteiger charge is -2.16. The highest BCUT2D eigenvalue weighted by Crippen LogP contribution is 2.30. The lowest BCUT2D eigenvalue weighted by atomic mass is 10.0. The Bertz CT molecular complexity index is 550. The number of ether oxygens (including phenoxy) is 1. The molecular formula is C15H14F2O2. The molecule has 19 heavy (non-hydrogen) atoms. The summed E-state index contributed by atoms with van der Waals surface area (Å²) in [5.74, 6) is -0.937. The predicted molar refractivity (Wildman–Crippen MR) is 68.0 cm³/mol. The van der Waals surface area contributed by atoms with E-state index in [0.29, 0.717) is 17.9 Å². The minimum atomic E-state index is -1.13. The second-order valence-corrected chi connectivity index (χ2v) is 4.08. The van der Waals surface area contributed by atoms with E-state index in [4.69, 9.17) is 4.74 Å². The average molecular weight is 264 g/mol. The monoisotopic (exact) mass is 264 g/mol. The van der Waals surface area contributed by atoms with Crippen molar-refractivity contribution in [1.29, 1.82) is 0 Å². The zero-order valence-electron chi connectivity index (χ0n) is 10.4. The molecule has 1 N–H and O–H groups in total. The predicted octanol–water partition coefficient (Wildman–Crippen LogP) is 3.45. The molecule has 4 heteroatoms. The zero-order valence-corrected chi connectivity index (χ0v) is 10.4. The zero-order chi connectivity index (χ0) is 13.8. The van der Waals surface area contributed by atoms with Crippen LogP contribution in [0.4, 0.5) is 8.78 Å². The molecule has 0 heterocycles. The molecule has 2 rings (SSSR count). The molecule has 2 aromatic carbocycles. The first-order valence-corrected chi connectivity index (χ1v) is 5.97. The second-order valence-electron chi connectivity index (χ2n) is 4.08. The van der Waals surface area contributed by atoms with E-state index >= 15 is 0 Å². The topological polar surface area (TPSA) is 29.5 Å². The lowest BCUT2D eigenvalue weighted by molar-refractivity contribution is 0.211. The van der Waals surface area contributed by atoms with Gasteiger partial charge in [-0.05, 0) is 30.7 Å². The maximum atomic E-state index is 13.2. The number of aliphatic hydroxyl groups excluding tert-OH is 1. The van der Waals surface area contributed by atoms with Gasteiger partial charge in [0.2, 0.25) is 0 Å². The molecule has 1 unspecified atom stereocenters. The van der Waals surface area contributed by atoms with Gasteiger partial charge in [-0.3, -0.25) is 0 Å². The summed E-state index contributed by atoms with van der Waals surface area (Å²) in [6, 6.07) is 9.86. The normalized spacial score (nSPS) is 12.2. The average Bonchev–Trinajstić information content (AvgIpc) is 2.38. The SMILES string of the molecule is CCOc1ccccc1C(O)c1cc(F)cc(F)c1. The molecule has 0 bridgehead atoms. The number of para-hydroxylation sites is 1. The maximum absolute atomic E-state index is 13.2. The Balaban J connectivity index is 2.40. The van der Waals surface area contributed by atoms with Crippen molar-refractivity contribution in [2.75, 3.05) is 6.61 Å². The molecule has 100 valence electrons. The van der Waals surface area contributed by atoms with Crippen molar-refractivity contribution in [3.05, 3.63) is 65.2 Å². The van der Waals surface area contributed by atoms with Gasteiger partial charge in [0.05, 0.1) is 6.61 Å². The van der Waals surface area contributed by atoms with Gasteiger partial charge in [-0.25, -0.2) is 8.78 Å². The summed E-state index contributed by atoms with van der Waals surface area (Å²) in [7, 11) is 0. The second kappa shape index (κ2) is 5.80. The fourth-order valence-corrected chi connectivity index (χ4v) is 1.91. The molecule has 0 radical (unpaired) electrons. The van der Waals surface area contributed by atoms with Crippen molar-refractivity contribution in [3.63, 3.8) is 0 Å². The van der Waals surface area contributed by atoms with Crippen LogP contribution in [0.25, 0.3) is 0 Å². The summed E-state index contributed by atoms with van der Waals surface area (Å²) in [6.45, 7) is 2.27. The van der Waals surface area contributed by atoms with Gasteiger partial charge in [0.15, 0.2) is 0 Å². The van der Waals surface area contributed by atoms with Crippen LogP contribution in [0.15, 0.2) is 42.5 Å². The first-order valence-electron chi connectivity index (χ1n) is 5.97. The largest absolute Gasteiger partial charge is 0.493 e. The van der Waals surface area contributed by atoms with Crippen molar-refractivity contribution < 1.29 is 18.6 Å². The van der Waals surface area contributed by atoms with Crippen LogP contribution in [0.3, 0.4) is 0 Å². The van der Waals surface area contributed by atoms with E-state index < -0.39 is 17.7 Å². The van der Waals surface area contributed by atoms with Crippen LogP contribution < -0.4 is 4.74 Å². The molecule has 0 aliphatic rings. The van der Waals surface area contributed by atoms with Crippen molar-refractivity contribution in [2.24, 2.45) is 0 Å². The van der Waals surface area contributed by atoms with Crippen molar-refractivity contribution in [3.8, 4) is 5.75 Å². The van der Waals surface area contributed by atoms with Gasteiger partial charge >= 0.3 is 0 Å².